The highest BCUT2D eigenvalue weighted by molar-refractivity contribution is 7.80. The van der Waals surface area contributed by atoms with Gasteiger partial charge < -0.3 is 5.32 Å². The number of hydrazine groups is 1. The lowest BCUT2D eigenvalue weighted by atomic mass is 9.78. The predicted molar refractivity (Wildman–Crippen MR) is 91.5 cm³/mol. The Morgan fingerprint density at radius 3 is 2.86 bits per heavy atom. The second kappa shape index (κ2) is 7.74. The summed E-state index contributed by atoms with van der Waals surface area (Å²) in [7, 11) is 0. The molecule has 1 saturated carbocycles. The van der Waals surface area contributed by atoms with Crippen LogP contribution >= 0.6 is 23.8 Å². The van der Waals surface area contributed by atoms with E-state index in [0.717, 1.165) is 6.42 Å². The first kappa shape index (κ1) is 17.0. The molecule has 1 heterocycles. The molecule has 3 N–H and O–H groups in total. The number of rotatable bonds is 2. The number of pyridine rings is 1. The summed E-state index contributed by atoms with van der Waals surface area (Å²) in [6, 6.07) is 3.60. The smallest absolute Gasteiger partial charge is 0.272 e. The molecule has 1 fully saturated rings. The summed E-state index contributed by atoms with van der Waals surface area (Å²) in [5, 5.41) is 3.86. The van der Waals surface area contributed by atoms with E-state index in [1.54, 1.807) is 12.1 Å². The van der Waals surface area contributed by atoms with Crippen molar-refractivity contribution in [2.24, 2.45) is 11.8 Å². The topological polar surface area (TPSA) is 66.0 Å². The molecule has 1 amide bonds. The minimum atomic E-state index is -0.368. The van der Waals surface area contributed by atoms with Crippen molar-refractivity contribution in [3.05, 3.63) is 29.0 Å². The molecule has 1 aromatic heterocycles. The second-order valence-corrected chi connectivity index (χ2v) is 6.53. The average Bonchev–Trinajstić information content (AvgIpc) is 2.50. The number of amides is 1. The van der Waals surface area contributed by atoms with E-state index < -0.39 is 0 Å². The van der Waals surface area contributed by atoms with Crippen molar-refractivity contribution < 1.29 is 4.79 Å². The van der Waals surface area contributed by atoms with Crippen molar-refractivity contribution in [2.75, 3.05) is 0 Å². The zero-order chi connectivity index (χ0) is 16.1. The van der Waals surface area contributed by atoms with E-state index >= 15 is 0 Å². The number of thiocarbonyl (C=S) groups is 1. The van der Waals surface area contributed by atoms with E-state index in [4.69, 9.17) is 23.8 Å². The van der Waals surface area contributed by atoms with E-state index in [1.807, 2.05) is 0 Å². The molecule has 1 aliphatic rings. The SMILES string of the molecule is CC1CCCC(NC(=S)NNC(=O)c2cccnc2Cl)C1C. The minimum Gasteiger partial charge on any atom is -0.358 e. The molecule has 3 unspecified atom stereocenters. The normalized spacial score (nSPS) is 24.4. The number of hydrogen-bond acceptors (Lipinski definition) is 3. The van der Waals surface area contributed by atoms with Gasteiger partial charge in [-0.25, -0.2) is 4.98 Å². The highest BCUT2D eigenvalue weighted by atomic mass is 35.5. The molecular weight excluding hydrogens is 320 g/mol. The third-order valence-corrected chi connectivity index (χ3v) is 4.84. The number of nitrogens with one attached hydrogen (secondary N) is 3. The first-order valence-electron chi connectivity index (χ1n) is 7.46. The number of carbonyl (C=O) groups is 1. The number of carbonyl (C=O) groups excluding carboxylic acids is 1. The van der Waals surface area contributed by atoms with Crippen LogP contribution in [0.25, 0.3) is 0 Å². The summed E-state index contributed by atoms with van der Waals surface area (Å²) in [5.74, 6) is 0.863. The highest BCUT2D eigenvalue weighted by Gasteiger charge is 2.27. The lowest BCUT2D eigenvalue weighted by Crippen LogP contribution is -2.52. The molecule has 5 nitrogen and oxygen atoms in total. The molecule has 0 aliphatic heterocycles. The second-order valence-electron chi connectivity index (χ2n) is 5.77. The Hall–Kier alpha value is -1.40. The van der Waals surface area contributed by atoms with Gasteiger partial charge in [0.1, 0.15) is 5.15 Å². The largest absolute Gasteiger partial charge is 0.358 e. The molecule has 120 valence electrons. The van der Waals surface area contributed by atoms with Gasteiger partial charge >= 0.3 is 0 Å². The van der Waals surface area contributed by atoms with Gasteiger partial charge in [-0.15, -0.1) is 0 Å². The summed E-state index contributed by atoms with van der Waals surface area (Å²) in [6.45, 7) is 4.50. The lowest BCUT2D eigenvalue weighted by Gasteiger charge is -2.35. The number of aromatic nitrogens is 1. The molecule has 1 aromatic rings. The van der Waals surface area contributed by atoms with Crippen LogP contribution in [0.15, 0.2) is 18.3 Å². The maximum atomic E-state index is 12.0. The van der Waals surface area contributed by atoms with Crippen molar-refractivity contribution in [2.45, 2.75) is 39.2 Å². The molecule has 0 saturated heterocycles. The number of hydrogen-bond donors (Lipinski definition) is 3. The number of nitrogens with zero attached hydrogens (tertiary/aromatic N) is 1. The third-order valence-electron chi connectivity index (χ3n) is 4.32. The Labute approximate surface area is 141 Å². The van der Waals surface area contributed by atoms with Crippen molar-refractivity contribution >= 4 is 34.8 Å². The zero-order valence-electron chi connectivity index (χ0n) is 12.7. The monoisotopic (exact) mass is 340 g/mol. The van der Waals surface area contributed by atoms with E-state index in [2.05, 4.69) is 35.0 Å². The Morgan fingerprint density at radius 2 is 2.14 bits per heavy atom. The fraction of sp³-hybridized carbons (Fsp3) is 0.533. The van der Waals surface area contributed by atoms with Gasteiger partial charge in [0.15, 0.2) is 5.11 Å². The van der Waals surface area contributed by atoms with Crippen LogP contribution < -0.4 is 16.2 Å². The van der Waals surface area contributed by atoms with Crippen molar-refractivity contribution in [1.29, 1.82) is 0 Å². The van der Waals surface area contributed by atoms with Crippen LogP contribution in [-0.2, 0) is 0 Å². The molecule has 0 spiro atoms. The Balaban J connectivity index is 1.83. The van der Waals surface area contributed by atoms with Crippen molar-refractivity contribution in [1.82, 2.24) is 21.2 Å². The Kier molecular flexibility index (Phi) is 5.97. The molecule has 1 aliphatic carbocycles. The maximum Gasteiger partial charge on any atom is 0.272 e. The standard InChI is InChI=1S/C15H21ClN4OS/c1-9-5-3-7-12(10(9)2)18-15(22)20-19-14(21)11-6-4-8-17-13(11)16/h4,6,8-10,12H,3,5,7H2,1-2H3,(H,19,21)(H2,18,20,22). The summed E-state index contributed by atoms with van der Waals surface area (Å²) >= 11 is 11.1. The van der Waals surface area contributed by atoms with Gasteiger partial charge in [-0.3, -0.25) is 15.6 Å². The maximum absolute atomic E-state index is 12.0. The van der Waals surface area contributed by atoms with Gasteiger partial charge in [-0.2, -0.15) is 0 Å². The minimum absolute atomic E-state index is 0.162. The predicted octanol–water partition coefficient (Wildman–Crippen LogP) is 2.67. The Bertz CT molecular complexity index is 554. The van der Waals surface area contributed by atoms with Crippen LogP contribution in [-0.4, -0.2) is 22.0 Å². The molecule has 0 aromatic carbocycles. The van der Waals surface area contributed by atoms with Gasteiger partial charge in [0.25, 0.3) is 5.91 Å². The van der Waals surface area contributed by atoms with Crippen LogP contribution in [0.2, 0.25) is 5.15 Å². The van der Waals surface area contributed by atoms with Gasteiger partial charge in [0, 0.05) is 12.2 Å². The summed E-state index contributed by atoms with van der Waals surface area (Å²) in [6.07, 6.45) is 5.08. The summed E-state index contributed by atoms with van der Waals surface area (Å²) in [5.41, 5.74) is 5.57. The van der Waals surface area contributed by atoms with Crippen LogP contribution in [0.4, 0.5) is 0 Å². The lowest BCUT2D eigenvalue weighted by molar-refractivity contribution is 0.0943. The van der Waals surface area contributed by atoms with E-state index in [-0.39, 0.29) is 11.1 Å². The number of halogens is 1. The van der Waals surface area contributed by atoms with E-state index in [0.29, 0.717) is 28.6 Å². The highest BCUT2D eigenvalue weighted by Crippen LogP contribution is 2.29. The molecule has 7 heteroatoms. The van der Waals surface area contributed by atoms with Gasteiger partial charge in [0.05, 0.1) is 5.56 Å². The van der Waals surface area contributed by atoms with Crippen LogP contribution in [0.5, 0.6) is 0 Å². The molecule has 22 heavy (non-hydrogen) atoms. The van der Waals surface area contributed by atoms with Crippen LogP contribution in [0.3, 0.4) is 0 Å². The molecule has 2 rings (SSSR count). The molecule has 0 radical (unpaired) electrons. The van der Waals surface area contributed by atoms with Crippen molar-refractivity contribution in [3.63, 3.8) is 0 Å². The molecule has 0 bridgehead atoms. The van der Waals surface area contributed by atoms with Crippen molar-refractivity contribution in [3.8, 4) is 0 Å². The van der Waals surface area contributed by atoms with E-state index in [1.165, 1.54) is 19.0 Å². The first-order chi connectivity index (χ1) is 10.5. The first-order valence-corrected chi connectivity index (χ1v) is 8.25. The summed E-state index contributed by atoms with van der Waals surface area (Å²) < 4.78 is 0. The van der Waals surface area contributed by atoms with Crippen LogP contribution in [0, 0.1) is 11.8 Å². The molecule has 3 atom stereocenters. The van der Waals surface area contributed by atoms with E-state index in [9.17, 15) is 4.79 Å². The zero-order valence-corrected chi connectivity index (χ0v) is 14.3. The Morgan fingerprint density at radius 1 is 1.36 bits per heavy atom. The summed E-state index contributed by atoms with van der Waals surface area (Å²) in [4.78, 5) is 15.9. The van der Waals surface area contributed by atoms with Crippen LogP contribution in [0.1, 0.15) is 43.5 Å². The quantitative estimate of drug-likeness (QED) is 0.439. The average molecular weight is 341 g/mol. The van der Waals surface area contributed by atoms with Gasteiger partial charge in [0.2, 0.25) is 0 Å². The fourth-order valence-corrected chi connectivity index (χ4v) is 3.13. The fourth-order valence-electron chi connectivity index (χ4n) is 2.73. The molecular formula is C15H21ClN4OS. The van der Waals surface area contributed by atoms with Gasteiger partial charge in [-0.05, 0) is 42.6 Å². The van der Waals surface area contributed by atoms with Gasteiger partial charge in [-0.1, -0.05) is 38.3 Å². The third kappa shape index (κ3) is 4.30.